The molecule has 1 amide bonds. The minimum atomic E-state index is -1.31. The Labute approximate surface area is 104 Å². The number of rotatable bonds is 5. The van der Waals surface area contributed by atoms with Crippen LogP contribution in [-0.2, 0) is 11.3 Å². The van der Waals surface area contributed by atoms with Crippen LogP contribution in [0.25, 0.3) is 0 Å². The molecule has 0 radical (unpaired) electrons. The van der Waals surface area contributed by atoms with Gasteiger partial charge in [-0.15, -0.1) is 5.10 Å². The second-order valence-electron chi connectivity index (χ2n) is 4.38. The summed E-state index contributed by atoms with van der Waals surface area (Å²) in [5.74, 6) is -1.58. The predicted molar refractivity (Wildman–Crippen MR) is 62.9 cm³/mol. The van der Waals surface area contributed by atoms with Crippen LogP contribution in [0.2, 0.25) is 0 Å². The molecule has 1 aromatic heterocycles. The van der Waals surface area contributed by atoms with Crippen LogP contribution in [0.5, 0.6) is 0 Å². The van der Waals surface area contributed by atoms with Gasteiger partial charge in [0.05, 0.1) is 12.7 Å². The third-order valence-corrected chi connectivity index (χ3v) is 2.78. The standard InChI is InChI=1S/C10H17N5O3/c1-10(2,9(17)18)14(3)8(16)7-6-15(5-4-11)13-12-7/h6H,4-5,11H2,1-3H3,(H,17,18). The number of hydrogen-bond donors (Lipinski definition) is 2. The molecule has 1 rings (SSSR count). The molecule has 18 heavy (non-hydrogen) atoms. The van der Waals surface area contributed by atoms with Crippen LogP contribution in [-0.4, -0.2) is 56.0 Å². The van der Waals surface area contributed by atoms with E-state index in [1.165, 1.54) is 31.8 Å². The number of nitrogens with two attached hydrogens (primary N) is 1. The molecule has 100 valence electrons. The zero-order chi connectivity index (χ0) is 13.9. The van der Waals surface area contributed by atoms with E-state index >= 15 is 0 Å². The van der Waals surface area contributed by atoms with Gasteiger partial charge in [-0.05, 0) is 13.8 Å². The van der Waals surface area contributed by atoms with Crippen LogP contribution in [0.3, 0.4) is 0 Å². The Hall–Kier alpha value is -1.96. The van der Waals surface area contributed by atoms with E-state index < -0.39 is 17.4 Å². The fourth-order valence-electron chi connectivity index (χ4n) is 1.21. The number of hydrogen-bond acceptors (Lipinski definition) is 5. The van der Waals surface area contributed by atoms with Crippen molar-refractivity contribution in [2.45, 2.75) is 25.9 Å². The molecule has 0 saturated heterocycles. The lowest BCUT2D eigenvalue weighted by Crippen LogP contribution is -2.50. The highest BCUT2D eigenvalue weighted by Crippen LogP contribution is 2.15. The van der Waals surface area contributed by atoms with Crippen molar-refractivity contribution in [2.24, 2.45) is 5.73 Å². The molecular weight excluding hydrogens is 238 g/mol. The summed E-state index contributed by atoms with van der Waals surface area (Å²) >= 11 is 0. The van der Waals surface area contributed by atoms with E-state index in [4.69, 9.17) is 10.8 Å². The van der Waals surface area contributed by atoms with Crippen LogP contribution >= 0.6 is 0 Å². The molecular formula is C10H17N5O3. The van der Waals surface area contributed by atoms with Crippen LogP contribution in [0.1, 0.15) is 24.3 Å². The van der Waals surface area contributed by atoms with E-state index in [2.05, 4.69) is 10.3 Å². The van der Waals surface area contributed by atoms with Gasteiger partial charge in [0.15, 0.2) is 5.69 Å². The first kappa shape index (κ1) is 14.1. The van der Waals surface area contributed by atoms with E-state index in [-0.39, 0.29) is 5.69 Å². The maximum absolute atomic E-state index is 12.0. The number of aromatic nitrogens is 3. The van der Waals surface area contributed by atoms with Gasteiger partial charge in [0.2, 0.25) is 0 Å². The highest BCUT2D eigenvalue weighted by Gasteiger charge is 2.36. The second-order valence-corrected chi connectivity index (χ2v) is 4.38. The third-order valence-electron chi connectivity index (χ3n) is 2.78. The fourth-order valence-corrected chi connectivity index (χ4v) is 1.21. The lowest BCUT2D eigenvalue weighted by atomic mass is 10.0. The number of likely N-dealkylation sites (N-methyl/N-ethyl adjacent to an activating group) is 1. The molecule has 0 aliphatic rings. The average molecular weight is 255 g/mol. The van der Waals surface area contributed by atoms with Crippen LogP contribution in [0.15, 0.2) is 6.20 Å². The molecule has 0 aliphatic heterocycles. The van der Waals surface area contributed by atoms with Gasteiger partial charge in [0, 0.05) is 13.6 Å². The SMILES string of the molecule is CN(C(=O)c1cn(CCN)nn1)C(C)(C)C(=O)O. The van der Waals surface area contributed by atoms with E-state index in [9.17, 15) is 9.59 Å². The number of carboxylic acid groups (broad SMARTS) is 1. The maximum atomic E-state index is 12.0. The second kappa shape index (κ2) is 5.13. The topological polar surface area (TPSA) is 114 Å². The lowest BCUT2D eigenvalue weighted by molar-refractivity contribution is -0.147. The Morgan fingerprint density at radius 2 is 2.17 bits per heavy atom. The summed E-state index contributed by atoms with van der Waals surface area (Å²) < 4.78 is 1.44. The van der Waals surface area contributed by atoms with Crippen molar-refractivity contribution in [3.05, 3.63) is 11.9 Å². The molecule has 1 heterocycles. The van der Waals surface area contributed by atoms with Crippen LogP contribution < -0.4 is 5.73 Å². The Balaban J connectivity index is 2.89. The molecule has 0 fully saturated rings. The van der Waals surface area contributed by atoms with E-state index in [1.54, 1.807) is 0 Å². The number of carbonyl (C=O) groups excluding carboxylic acids is 1. The molecule has 0 saturated carbocycles. The summed E-state index contributed by atoms with van der Waals surface area (Å²) in [7, 11) is 1.42. The first-order valence-electron chi connectivity index (χ1n) is 5.42. The number of aliphatic carboxylic acids is 1. The Bertz CT molecular complexity index is 454. The van der Waals surface area contributed by atoms with E-state index in [0.29, 0.717) is 13.1 Å². The molecule has 0 unspecified atom stereocenters. The van der Waals surface area contributed by atoms with Crippen molar-refractivity contribution in [2.75, 3.05) is 13.6 Å². The zero-order valence-corrected chi connectivity index (χ0v) is 10.6. The normalized spacial score (nSPS) is 11.3. The molecule has 0 atom stereocenters. The van der Waals surface area contributed by atoms with Gasteiger partial charge < -0.3 is 15.7 Å². The zero-order valence-electron chi connectivity index (χ0n) is 10.6. The van der Waals surface area contributed by atoms with Crippen molar-refractivity contribution in [1.82, 2.24) is 19.9 Å². The first-order chi connectivity index (χ1) is 8.30. The Morgan fingerprint density at radius 3 is 2.67 bits per heavy atom. The van der Waals surface area contributed by atoms with Gasteiger partial charge in [-0.3, -0.25) is 9.48 Å². The van der Waals surface area contributed by atoms with Gasteiger partial charge in [0.25, 0.3) is 5.91 Å². The van der Waals surface area contributed by atoms with Crippen molar-refractivity contribution >= 4 is 11.9 Å². The van der Waals surface area contributed by atoms with E-state index in [0.717, 1.165) is 4.90 Å². The summed E-state index contributed by atoms with van der Waals surface area (Å²) in [4.78, 5) is 24.2. The Kier molecular flexibility index (Phi) is 4.02. The number of amides is 1. The predicted octanol–water partition coefficient (Wildman–Crippen LogP) is -0.828. The quantitative estimate of drug-likeness (QED) is 0.710. The first-order valence-corrected chi connectivity index (χ1v) is 5.42. The molecule has 8 heteroatoms. The molecule has 0 spiro atoms. The number of carboxylic acids is 1. The summed E-state index contributed by atoms with van der Waals surface area (Å²) in [5.41, 5.74) is 4.14. The van der Waals surface area contributed by atoms with Crippen LogP contribution in [0.4, 0.5) is 0 Å². The van der Waals surface area contributed by atoms with E-state index in [1.807, 2.05) is 0 Å². The van der Waals surface area contributed by atoms with Gasteiger partial charge in [-0.1, -0.05) is 5.21 Å². The van der Waals surface area contributed by atoms with Crippen molar-refractivity contribution in [3.8, 4) is 0 Å². The largest absolute Gasteiger partial charge is 0.480 e. The highest BCUT2D eigenvalue weighted by molar-refractivity contribution is 5.95. The minimum Gasteiger partial charge on any atom is -0.480 e. The van der Waals surface area contributed by atoms with Crippen LogP contribution in [0, 0.1) is 0 Å². The maximum Gasteiger partial charge on any atom is 0.329 e. The third kappa shape index (κ3) is 2.65. The van der Waals surface area contributed by atoms with Crippen molar-refractivity contribution in [3.63, 3.8) is 0 Å². The molecule has 0 aromatic carbocycles. The van der Waals surface area contributed by atoms with Crippen molar-refractivity contribution in [1.29, 1.82) is 0 Å². The summed E-state index contributed by atoms with van der Waals surface area (Å²) in [6, 6.07) is 0. The summed E-state index contributed by atoms with van der Waals surface area (Å²) in [6.45, 7) is 3.72. The van der Waals surface area contributed by atoms with Gasteiger partial charge in [0.1, 0.15) is 5.54 Å². The highest BCUT2D eigenvalue weighted by atomic mass is 16.4. The number of carbonyl (C=O) groups is 2. The number of nitrogens with zero attached hydrogens (tertiary/aromatic N) is 4. The van der Waals surface area contributed by atoms with Crippen molar-refractivity contribution < 1.29 is 14.7 Å². The average Bonchev–Trinajstić information content (AvgIpc) is 2.76. The Morgan fingerprint density at radius 1 is 1.56 bits per heavy atom. The monoisotopic (exact) mass is 255 g/mol. The summed E-state index contributed by atoms with van der Waals surface area (Å²) in [6.07, 6.45) is 1.45. The molecule has 3 N–H and O–H groups in total. The smallest absolute Gasteiger partial charge is 0.329 e. The molecule has 0 bridgehead atoms. The lowest BCUT2D eigenvalue weighted by Gasteiger charge is -2.30. The molecule has 0 aliphatic carbocycles. The van der Waals surface area contributed by atoms with Gasteiger partial charge >= 0.3 is 5.97 Å². The summed E-state index contributed by atoms with van der Waals surface area (Å²) in [5, 5.41) is 16.5. The van der Waals surface area contributed by atoms with Gasteiger partial charge in [-0.2, -0.15) is 0 Å². The minimum absolute atomic E-state index is 0.0975. The van der Waals surface area contributed by atoms with Gasteiger partial charge in [-0.25, -0.2) is 4.79 Å². The fraction of sp³-hybridized carbons (Fsp3) is 0.600. The molecule has 8 nitrogen and oxygen atoms in total. The molecule has 1 aromatic rings.